The lowest BCUT2D eigenvalue weighted by atomic mass is 9.81. The molecule has 2 aliphatic heterocycles. The summed E-state index contributed by atoms with van der Waals surface area (Å²) in [5.74, 6) is -2.77. The van der Waals surface area contributed by atoms with Crippen LogP contribution in [0, 0.1) is 11.8 Å². The summed E-state index contributed by atoms with van der Waals surface area (Å²) in [5, 5.41) is 14.6. The minimum Gasteiger partial charge on any atom is -0.495 e. The Labute approximate surface area is 201 Å². The largest absolute Gasteiger partial charge is 0.495 e. The van der Waals surface area contributed by atoms with Crippen LogP contribution in [0.2, 0.25) is 0 Å². The average Bonchev–Trinajstić information content (AvgIpc) is 2.84. The lowest BCUT2D eigenvalue weighted by Gasteiger charge is -2.43. The highest BCUT2D eigenvalue weighted by atomic mass is 16.5. The number of anilines is 2. The van der Waals surface area contributed by atoms with Gasteiger partial charge in [-0.05, 0) is 43.3 Å². The van der Waals surface area contributed by atoms with E-state index in [2.05, 4.69) is 26.6 Å². The van der Waals surface area contributed by atoms with Crippen molar-refractivity contribution in [1.29, 1.82) is 0 Å². The van der Waals surface area contributed by atoms with E-state index in [4.69, 9.17) is 9.47 Å². The number of hydrogen-bond donors (Lipinski definition) is 5. The van der Waals surface area contributed by atoms with Crippen molar-refractivity contribution in [1.82, 2.24) is 16.0 Å². The van der Waals surface area contributed by atoms with Crippen LogP contribution in [0.3, 0.4) is 0 Å². The summed E-state index contributed by atoms with van der Waals surface area (Å²) in [6, 6.07) is 13.4. The van der Waals surface area contributed by atoms with Gasteiger partial charge in [0.2, 0.25) is 17.7 Å². The van der Waals surface area contributed by atoms with Crippen molar-refractivity contribution < 1.29 is 28.7 Å². The number of benzene rings is 2. The minimum atomic E-state index is -0.891. The lowest BCUT2D eigenvalue weighted by molar-refractivity contribution is -0.144. The Kier molecular flexibility index (Phi) is 7.16. The number of hydrogen-bond acceptors (Lipinski definition) is 8. The molecule has 5 N–H and O–H groups in total. The fourth-order valence-electron chi connectivity index (χ4n) is 4.21. The van der Waals surface area contributed by atoms with Gasteiger partial charge in [-0.3, -0.25) is 19.7 Å². The first-order valence-corrected chi connectivity index (χ1v) is 11.2. The van der Waals surface area contributed by atoms with Gasteiger partial charge < -0.3 is 30.7 Å². The molecule has 2 heterocycles. The number of esters is 1. The molecule has 2 saturated heterocycles. The number of fused-ring (bicyclic) bond motifs is 1. The Bertz CT molecular complexity index is 1120. The second-order valence-electron chi connectivity index (χ2n) is 8.12. The van der Waals surface area contributed by atoms with Crippen LogP contribution in [0.5, 0.6) is 5.75 Å². The molecule has 4 atom stereocenters. The molecule has 3 amide bonds. The van der Waals surface area contributed by atoms with Crippen LogP contribution in [-0.2, 0) is 19.1 Å². The van der Waals surface area contributed by atoms with Gasteiger partial charge in [0.25, 0.3) is 0 Å². The second-order valence-corrected chi connectivity index (χ2v) is 8.12. The molecule has 0 radical (unpaired) electrons. The number of amides is 3. The summed E-state index contributed by atoms with van der Waals surface area (Å²) in [7, 11) is 1.54. The third-order valence-electron chi connectivity index (χ3n) is 5.86. The number of nitrogens with one attached hydrogen (secondary N) is 5. The smallest absolute Gasteiger partial charge is 0.338 e. The van der Waals surface area contributed by atoms with Gasteiger partial charge in [-0.25, -0.2) is 4.79 Å². The maximum atomic E-state index is 13.1. The highest BCUT2D eigenvalue weighted by Crippen LogP contribution is 2.29. The van der Waals surface area contributed by atoms with Crippen molar-refractivity contribution in [3.63, 3.8) is 0 Å². The van der Waals surface area contributed by atoms with Crippen molar-refractivity contribution in [2.45, 2.75) is 25.8 Å². The zero-order chi connectivity index (χ0) is 24.9. The van der Waals surface area contributed by atoms with E-state index >= 15 is 0 Å². The molecular formula is C24H27N5O6. The number of carbonyl (C=O) groups is 4. The third-order valence-corrected chi connectivity index (χ3v) is 5.86. The van der Waals surface area contributed by atoms with E-state index in [-0.39, 0.29) is 24.8 Å². The van der Waals surface area contributed by atoms with Gasteiger partial charge in [-0.2, -0.15) is 0 Å². The first-order valence-electron chi connectivity index (χ1n) is 11.2. The van der Waals surface area contributed by atoms with E-state index in [1.165, 1.54) is 12.1 Å². The van der Waals surface area contributed by atoms with Crippen molar-refractivity contribution in [3.05, 3.63) is 54.1 Å². The van der Waals surface area contributed by atoms with E-state index in [0.29, 0.717) is 22.7 Å². The number of ether oxygens (including phenoxy) is 2. The Morgan fingerprint density at radius 2 is 1.80 bits per heavy atom. The maximum Gasteiger partial charge on any atom is 0.338 e. The van der Waals surface area contributed by atoms with Gasteiger partial charge >= 0.3 is 5.97 Å². The summed E-state index contributed by atoms with van der Waals surface area (Å²) < 4.78 is 10.3. The first-order chi connectivity index (χ1) is 16.9. The fourth-order valence-corrected chi connectivity index (χ4v) is 4.21. The fraction of sp³-hybridized carbons (Fsp3) is 0.333. The number of carbonyl (C=O) groups excluding carboxylic acids is 4. The van der Waals surface area contributed by atoms with Crippen LogP contribution in [-0.4, -0.2) is 49.9 Å². The lowest BCUT2D eigenvalue weighted by Crippen LogP contribution is -2.72. The molecule has 35 heavy (non-hydrogen) atoms. The highest BCUT2D eigenvalue weighted by molar-refractivity contribution is 6.00. The summed E-state index contributed by atoms with van der Waals surface area (Å²) >= 11 is 0. The predicted octanol–water partition coefficient (Wildman–Crippen LogP) is 1.00. The van der Waals surface area contributed by atoms with Gasteiger partial charge in [0.1, 0.15) is 5.75 Å². The van der Waals surface area contributed by atoms with Crippen LogP contribution in [0.25, 0.3) is 0 Å². The van der Waals surface area contributed by atoms with Crippen LogP contribution in [0.4, 0.5) is 11.4 Å². The van der Waals surface area contributed by atoms with E-state index < -0.39 is 36.2 Å². The Morgan fingerprint density at radius 1 is 1.06 bits per heavy atom. The monoisotopic (exact) mass is 481 g/mol. The average molecular weight is 482 g/mol. The molecule has 11 heteroatoms. The van der Waals surface area contributed by atoms with Gasteiger partial charge in [0.05, 0.1) is 43.0 Å². The van der Waals surface area contributed by atoms with E-state index in [1.807, 2.05) is 12.1 Å². The van der Waals surface area contributed by atoms with Gasteiger partial charge in [-0.1, -0.05) is 12.1 Å². The quantitative estimate of drug-likeness (QED) is 0.368. The van der Waals surface area contributed by atoms with Crippen molar-refractivity contribution in [2.24, 2.45) is 11.8 Å². The second kappa shape index (κ2) is 10.4. The van der Waals surface area contributed by atoms with Crippen LogP contribution in [0.1, 0.15) is 23.7 Å². The topological polar surface area (TPSA) is 147 Å². The van der Waals surface area contributed by atoms with Crippen molar-refractivity contribution in [3.8, 4) is 5.75 Å². The molecule has 2 aromatic rings. The molecule has 0 saturated carbocycles. The van der Waals surface area contributed by atoms with E-state index in [1.54, 1.807) is 38.3 Å². The molecule has 4 rings (SSSR count). The Hall–Kier alpha value is -4.12. The Balaban J connectivity index is 1.44. The summed E-state index contributed by atoms with van der Waals surface area (Å²) in [4.78, 5) is 50.3. The summed E-state index contributed by atoms with van der Waals surface area (Å²) in [6.45, 7) is 1.97. The molecule has 11 nitrogen and oxygen atoms in total. The number of rotatable bonds is 7. The SMILES string of the molecule is CCOC(=O)c1ccc(NC(=O)C2CC(=O)NC3NC(Nc4ccccc4OC)NC(=O)C32)cc1. The molecule has 4 unspecified atom stereocenters. The van der Waals surface area contributed by atoms with Crippen molar-refractivity contribution in [2.75, 3.05) is 24.4 Å². The standard InChI is InChI=1S/C24H27N5O6/c1-3-35-23(33)13-8-10-14(11-9-13)25-21(31)15-12-18(30)27-20-19(15)22(32)29-24(28-20)26-16-6-4-5-7-17(16)34-2/h4-11,15,19-20,24,26,28H,3,12H2,1-2H3,(H,25,31)(H,27,30)(H,29,32). The first kappa shape index (κ1) is 24.0. The molecule has 2 aliphatic rings. The minimum absolute atomic E-state index is 0.131. The van der Waals surface area contributed by atoms with Crippen LogP contribution < -0.4 is 31.3 Å². The predicted molar refractivity (Wildman–Crippen MR) is 126 cm³/mol. The van der Waals surface area contributed by atoms with E-state index in [9.17, 15) is 19.2 Å². The summed E-state index contributed by atoms with van der Waals surface area (Å²) in [6.07, 6.45) is -1.58. The highest BCUT2D eigenvalue weighted by Gasteiger charge is 2.48. The molecule has 0 aromatic heterocycles. The van der Waals surface area contributed by atoms with Crippen LogP contribution in [0.15, 0.2) is 48.5 Å². The molecular weight excluding hydrogens is 454 g/mol. The van der Waals surface area contributed by atoms with Crippen LogP contribution >= 0.6 is 0 Å². The molecule has 0 aliphatic carbocycles. The zero-order valence-electron chi connectivity index (χ0n) is 19.3. The normalized spacial score (nSPS) is 23.3. The van der Waals surface area contributed by atoms with Gasteiger partial charge in [0, 0.05) is 12.1 Å². The van der Waals surface area contributed by atoms with Gasteiger partial charge in [-0.15, -0.1) is 0 Å². The molecule has 184 valence electrons. The zero-order valence-corrected chi connectivity index (χ0v) is 19.3. The summed E-state index contributed by atoms with van der Waals surface area (Å²) in [5.41, 5.74) is 1.44. The Morgan fingerprint density at radius 3 is 2.51 bits per heavy atom. The maximum absolute atomic E-state index is 13.1. The molecule has 2 aromatic carbocycles. The molecule has 2 fully saturated rings. The number of para-hydroxylation sites is 2. The van der Waals surface area contributed by atoms with Gasteiger partial charge in [0.15, 0.2) is 6.29 Å². The molecule has 0 spiro atoms. The number of piperidine rings is 1. The van der Waals surface area contributed by atoms with E-state index in [0.717, 1.165) is 0 Å². The number of methoxy groups -OCH3 is 1. The third kappa shape index (κ3) is 5.35. The molecule has 0 bridgehead atoms. The van der Waals surface area contributed by atoms with Crippen molar-refractivity contribution >= 4 is 35.1 Å².